The molecule has 19 heavy (non-hydrogen) atoms. The van der Waals surface area contributed by atoms with Crippen molar-refractivity contribution in [3.63, 3.8) is 0 Å². The van der Waals surface area contributed by atoms with Gasteiger partial charge < -0.3 is 5.73 Å². The van der Waals surface area contributed by atoms with Gasteiger partial charge in [-0.3, -0.25) is 10.1 Å². The van der Waals surface area contributed by atoms with Crippen LogP contribution in [-0.4, -0.2) is 19.7 Å². The lowest BCUT2D eigenvalue weighted by Crippen LogP contribution is -2.06. The standard InChI is InChI=1S/C12H9N5O2/c13-11-6-5-10(17(18)19)12(15-11)16-9-4-2-1-3-8(9)7-14-16/h1-7H,(H2,13,15). The fourth-order valence-corrected chi connectivity index (χ4v) is 1.89. The molecule has 0 aliphatic rings. The molecule has 0 aliphatic heterocycles. The van der Waals surface area contributed by atoms with E-state index in [1.54, 1.807) is 6.20 Å². The summed E-state index contributed by atoms with van der Waals surface area (Å²) in [6, 6.07) is 10.1. The summed E-state index contributed by atoms with van der Waals surface area (Å²) in [5, 5.41) is 16.1. The fourth-order valence-electron chi connectivity index (χ4n) is 1.89. The van der Waals surface area contributed by atoms with Crippen LogP contribution >= 0.6 is 0 Å². The minimum Gasteiger partial charge on any atom is -0.384 e. The van der Waals surface area contributed by atoms with Crippen LogP contribution < -0.4 is 5.73 Å². The van der Waals surface area contributed by atoms with E-state index in [0.29, 0.717) is 0 Å². The molecule has 0 spiro atoms. The molecule has 0 fully saturated rings. The summed E-state index contributed by atoms with van der Waals surface area (Å²) in [4.78, 5) is 14.6. The monoisotopic (exact) mass is 255 g/mol. The highest BCUT2D eigenvalue weighted by molar-refractivity contribution is 5.80. The van der Waals surface area contributed by atoms with Crippen LogP contribution in [0.15, 0.2) is 42.6 Å². The topological polar surface area (TPSA) is 99.9 Å². The maximum atomic E-state index is 11.0. The number of aromatic nitrogens is 3. The zero-order valence-corrected chi connectivity index (χ0v) is 9.72. The average Bonchev–Trinajstić information content (AvgIpc) is 2.82. The normalized spacial score (nSPS) is 10.7. The molecule has 0 bridgehead atoms. The molecule has 0 atom stereocenters. The summed E-state index contributed by atoms with van der Waals surface area (Å²) < 4.78 is 1.42. The number of para-hydroxylation sites is 1. The maximum Gasteiger partial charge on any atom is 0.313 e. The molecule has 0 saturated heterocycles. The van der Waals surface area contributed by atoms with E-state index in [2.05, 4.69) is 10.1 Å². The Morgan fingerprint density at radius 2 is 2.00 bits per heavy atom. The SMILES string of the molecule is Nc1ccc([N+](=O)[O-])c(-n2ncc3ccccc32)n1. The number of nitro groups is 1. The Hall–Kier alpha value is -2.96. The van der Waals surface area contributed by atoms with Crippen molar-refractivity contribution in [2.45, 2.75) is 0 Å². The van der Waals surface area contributed by atoms with E-state index in [1.807, 2.05) is 24.3 Å². The van der Waals surface area contributed by atoms with E-state index in [-0.39, 0.29) is 17.3 Å². The van der Waals surface area contributed by atoms with Crippen LogP contribution in [0, 0.1) is 10.1 Å². The van der Waals surface area contributed by atoms with E-state index >= 15 is 0 Å². The summed E-state index contributed by atoms with van der Waals surface area (Å²) >= 11 is 0. The second-order valence-corrected chi connectivity index (χ2v) is 3.95. The van der Waals surface area contributed by atoms with Crippen molar-refractivity contribution in [2.24, 2.45) is 0 Å². The molecular weight excluding hydrogens is 246 g/mol. The summed E-state index contributed by atoms with van der Waals surface area (Å²) in [6.45, 7) is 0. The van der Waals surface area contributed by atoms with Crippen molar-refractivity contribution in [2.75, 3.05) is 5.73 Å². The van der Waals surface area contributed by atoms with Gasteiger partial charge in [0.15, 0.2) is 0 Å². The Labute approximate surface area is 107 Å². The first-order chi connectivity index (χ1) is 9.16. The number of benzene rings is 1. The first-order valence-corrected chi connectivity index (χ1v) is 5.51. The molecule has 0 unspecified atom stereocenters. The lowest BCUT2D eigenvalue weighted by atomic mass is 10.2. The van der Waals surface area contributed by atoms with E-state index < -0.39 is 4.92 Å². The van der Waals surface area contributed by atoms with Crippen molar-refractivity contribution in [3.8, 4) is 5.82 Å². The largest absolute Gasteiger partial charge is 0.384 e. The number of hydrogen-bond donors (Lipinski definition) is 1. The first kappa shape index (κ1) is 11.1. The van der Waals surface area contributed by atoms with Crippen molar-refractivity contribution in [3.05, 3.63) is 52.7 Å². The number of hydrogen-bond acceptors (Lipinski definition) is 5. The lowest BCUT2D eigenvalue weighted by molar-refractivity contribution is -0.384. The molecule has 94 valence electrons. The minimum atomic E-state index is -0.502. The fraction of sp³-hybridized carbons (Fsp3) is 0. The molecule has 7 heteroatoms. The van der Waals surface area contributed by atoms with Crippen LogP contribution in [0.3, 0.4) is 0 Å². The number of pyridine rings is 1. The van der Waals surface area contributed by atoms with E-state index in [9.17, 15) is 10.1 Å². The molecule has 0 aliphatic carbocycles. The van der Waals surface area contributed by atoms with Crippen LogP contribution in [0.1, 0.15) is 0 Å². The summed E-state index contributed by atoms with van der Waals surface area (Å²) in [6.07, 6.45) is 1.63. The van der Waals surface area contributed by atoms with E-state index in [0.717, 1.165) is 10.9 Å². The number of fused-ring (bicyclic) bond motifs is 1. The second kappa shape index (κ2) is 4.05. The summed E-state index contributed by atoms with van der Waals surface area (Å²) in [5.41, 5.74) is 6.21. The zero-order chi connectivity index (χ0) is 13.4. The molecule has 0 radical (unpaired) electrons. The minimum absolute atomic E-state index is 0.117. The smallest absolute Gasteiger partial charge is 0.313 e. The number of nitrogen functional groups attached to an aromatic ring is 1. The highest BCUT2D eigenvalue weighted by Crippen LogP contribution is 2.25. The third kappa shape index (κ3) is 1.77. The quantitative estimate of drug-likeness (QED) is 0.557. The predicted molar refractivity (Wildman–Crippen MR) is 69.9 cm³/mol. The van der Waals surface area contributed by atoms with Gasteiger partial charge in [0.1, 0.15) is 5.82 Å². The van der Waals surface area contributed by atoms with Gasteiger partial charge in [-0.1, -0.05) is 18.2 Å². The highest BCUT2D eigenvalue weighted by Gasteiger charge is 2.19. The Morgan fingerprint density at radius 3 is 2.79 bits per heavy atom. The van der Waals surface area contributed by atoms with Gasteiger partial charge in [-0.15, -0.1) is 0 Å². The molecule has 3 aromatic rings. The van der Waals surface area contributed by atoms with Gasteiger partial charge in [-0.05, 0) is 12.1 Å². The van der Waals surface area contributed by atoms with Gasteiger partial charge in [0.05, 0.1) is 16.6 Å². The molecule has 1 aromatic carbocycles. The van der Waals surface area contributed by atoms with Crippen molar-refractivity contribution in [1.29, 1.82) is 0 Å². The van der Waals surface area contributed by atoms with Gasteiger partial charge in [0.25, 0.3) is 0 Å². The van der Waals surface area contributed by atoms with Crippen molar-refractivity contribution in [1.82, 2.24) is 14.8 Å². The number of anilines is 1. The van der Waals surface area contributed by atoms with Crippen LogP contribution in [0.4, 0.5) is 11.5 Å². The third-order valence-electron chi connectivity index (χ3n) is 2.75. The number of nitrogens with two attached hydrogens (primary N) is 1. The molecule has 2 heterocycles. The molecular formula is C12H9N5O2. The van der Waals surface area contributed by atoms with Crippen LogP contribution in [-0.2, 0) is 0 Å². The molecule has 3 rings (SSSR count). The van der Waals surface area contributed by atoms with Crippen molar-refractivity contribution >= 4 is 22.4 Å². The van der Waals surface area contributed by atoms with Crippen molar-refractivity contribution < 1.29 is 4.92 Å². The van der Waals surface area contributed by atoms with Gasteiger partial charge in [0, 0.05) is 11.5 Å². The summed E-state index contributed by atoms with van der Waals surface area (Å²) in [5.74, 6) is 0.325. The van der Waals surface area contributed by atoms with E-state index in [4.69, 9.17) is 5.73 Å². The zero-order valence-electron chi connectivity index (χ0n) is 9.72. The predicted octanol–water partition coefficient (Wildman–Crippen LogP) is 1.91. The molecule has 0 amide bonds. The lowest BCUT2D eigenvalue weighted by Gasteiger charge is -2.04. The van der Waals surface area contributed by atoms with Gasteiger partial charge >= 0.3 is 5.69 Å². The van der Waals surface area contributed by atoms with E-state index in [1.165, 1.54) is 16.8 Å². The Balaban J connectivity index is 2.32. The Morgan fingerprint density at radius 1 is 1.21 bits per heavy atom. The molecule has 7 nitrogen and oxygen atoms in total. The highest BCUT2D eigenvalue weighted by atomic mass is 16.6. The maximum absolute atomic E-state index is 11.0. The average molecular weight is 255 g/mol. The summed E-state index contributed by atoms with van der Waals surface area (Å²) in [7, 11) is 0. The third-order valence-corrected chi connectivity index (χ3v) is 2.75. The second-order valence-electron chi connectivity index (χ2n) is 3.95. The Kier molecular flexibility index (Phi) is 2.38. The molecule has 0 saturated carbocycles. The van der Waals surface area contributed by atoms with Crippen LogP contribution in [0.5, 0.6) is 0 Å². The van der Waals surface area contributed by atoms with Crippen LogP contribution in [0.25, 0.3) is 16.7 Å². The number of nitrogens with zero attached hydrogens (tertiary/aromatic N) is 4. The van der Waals surface area contributed by atoms with Gasteiger partial charge in [-0.2, -0.15) is 5.10 Å². The molecule has 2 N–H and O–H groups in total. The molecule has 2 aromatic heterocycles. The van der Waals surface area contributed by atoms with Gasteiger partial charge in [-0.25, -0.2) is 9.67 Å². The van der Waals surface area contributed by atoms with Crippen LogP contribution in [0.2, 0.25) is 0 Å². The first-order valence-electron chi connectivity index (χ1n) is 5.51. The number of rotatable bonds is 2. The Bertz CT molecular complexity index is 781. The van der Waals surface area contributed by atoms with Gasteiger partial charge in [0.2, 0.25) is 5.82 Å².